The zero-order valence-corrected chi connectivity index (χ0v) is 38.8. The molecule has 57 heavy (non-hydrogen) atoms. The van der Waals surface area contributed by atoms with Gasteiger partial charge in [-0.15, -0.1) is 0 Å². The summed E-state index contributed by atoms with van der Waals surface area (Å²) >= 11 is 0. The van der Waals surface area contributed by atoms with E-state index in [0.29, 0.717) is 19.3 Å². The average molecular weight is 807 g/mol. The maximum Gasteiger partial charge on any atom is 0.306 e. The molecule has 0 fully saturated rings. The molecule has 0 aromatic heterocycles. The highest BCUT2D eigenvalue weighted by Gasteiger charge is 2.19. The van der Waals surface area contributed by atoms with E-state index in [0.717, 1.165) is 63.7 Å². The third kappa shape index (κ3) is 43.8. The summed E-state index contributed by atoms with van der Waals surface area (Å²) in [7, 11) is 0. The SMILES string of the molecule is CCCCCCCCCCCCCCCCC(=O)O[C@@H](COC(=O)CCCCCCCCCCCCCCC)COC(=O)CCCCCCCCCCC(C)CC. The van der Waals surface area contributed by atoms with Gasteiger partial charge in [-0.3, -0.25) is 14.4 Å². The molecule has 0 rings (SSSR count). The molecule has 0 bridgehead atoms. The van der Waals surface area contributed by atoms with Crippen LogP contribution >= 0.6 is 0 Å². The Labute approximate surface area is 355 Å². The largest absolute Gasteiger partial charge is 0.462 e. The lowest BCUT2D eigenvalue weighted by atomic mass is 9.99. The summed E-state index contributed by atoms with van der Waals surface area (Å²) in [5.41, 5.74) is 0. The number of hydrogen-bond donors (Lipinski definition) is 0. The molecule has 0 aliphatic carbocycles. The molecular formula is C51H98O6. The van der Waals surface area contributed by atoms with Gasteiger partial charge in [0.2, 0.25) is 0 Å². The molecule has 0 spiro atoms. The van der Waals surface area contributed by atoms with Crippen LogP contribution in [0.15, 0.2) is 0 Å². The van der Waals surface area contributed by atoms with Crippen molar-refractivity contribution in [1.29, 1.82) is 0 Å². The first-order valence-electron chi connectivity index (χ1n) is 25.4. The first-order valence-corrected chi connectivity index (χ1v) is 25.4. The Morgan fingerprint density at radius 2 is 0.614 bits per heavy atom. The van der Waals surface area contributed by atoms with Crippen LogP contribution in [0.4, 0.5) is 0 Å². The van der Waals surface area contributed by atoms with Gasteiger partial charge in [-0.1, -0.05) is 246 Å². The van der Waals surface area contributed by atoms with Crippen LogP contribution in [-0.4, -0.2) is 37.2 Å². The summed E-state index contributed by atoms with van der Waals surface area (Å²) in [5, 5.41) is 0. The summed E-state index contributed by atoms with van der Waals surface area (Å²) < 4.78 is 16.8. The molecule has 0 amide bonds. The second kappa shape index (κ2) is 45.5. The van der Waals surface area contributed by atoms with Gasteiger partial charge in [-0.25, -0.2) is 0 Å². The molecule has 0 saturated carbocycles. The van der Waals surface area contributed by atoms with Crippen LogP contribution in [0.2, 0.25) is 0 Å². The number of ether oxygens (including phenoxy) is 3. The highest BCUT2D eigenvalue weighted by molar-refractivity contribution is 5.71. The number of carbonyl (C=O) groups excluding carboxylic acids is 3. The van der Waals surface area contributed by atoms with E-state index in [1.807, 2.05) is 0 Å². The fraction of sp³-hybridized carbons (Fsp3) is 0.941. The van der Waals surface area contributed by atoms with Crippen LogP contribution in [0.3, 0.4) is 0 Å². The monoisotopic (exact) mass is 807 g/mol. The Morgan fingerprint density at radius 1 is 0.351 bits per heavy atom. The summed E-state index contributed by atoms with van der Waals surface area (Å²) in [6, 6.07) is 0. The zero-order chi connectivity index (χ0) is 41.7. The minimum atomic E-state index is -0.760. The van der Waals surface area contributed by atoms with E-state index in [1.165, 1.54) is 180 Å². The standard InChI is InChI=1S/C51H98O6/c1-5-8-10-12-14-16-18-20-22-24-26-32-36-40-44-51(54)57-48(46-56-50(53)43-39-35-31-28-27-29-33-37-41-47(4)7-3)45-55-49(52)42-38-34-30-25-23-21-19-17-15-13-11-9-6-2/h47-48H,5-46H2,1-4H3/t47?,48-/m0/s1. The quantitative estimate of drug-likeness (QED) is 0.0346. The van der Waals surface area contributed by atoms with Crippen LogP contribution in [0.1, 0.15) is 285 Å². The summed E-state index contributed by atoms with van der Waals surface area (Å²) in [6.45, 7) is 9.03. The van der Waals surface area contributed by atoms with Crippen molar-refractivity contribution in [2.24, 2.45) is 5.92 Å². The zero-order valence-electron chi connectivity index (χ0n) is 38.8. The number of hydrogen-bond acceptors (Lipinski definition) is 6. The van der Waals surface area contributed by atoms with Crippen molar-refractivity contribution in [3.63, 3.8) is 0 Å². The second-order valence-electron chi connectivity index (χ2n) is 17.7. The van der Waals surface area contributed by atoms with Gasteiger partial charge in [-0.05, 0) is 25.2 Å². The highest BCUT2D eigenvalue weighted by Crippen LogP contribution is 2.17. The molecule has 0 heterocycles. The van der Waals surface area contributed by atoms with Crippen molar-refractivity contribution in [3.05, 3.63) is 0 Å². The van der Waals surface area contributed by atoms with Gasteiger partial charge >= 0.3 is 17.9 Å². The van der Waals surface area contributed by atoms with Crippen LogP contribution in [-0.2, 0) is 28.6 Å². The van der Waals surface area contributed by atoms with E-state index < -0.39 is 6.10 Å². The second-order valence-corrected chi connectivity index (χ2v) is 17.7. The summed E-state index contributed by atoms with van der Waals surface area (Å²) in [6.07, 6.45) is 46.5. The van der Waals surface area contributed by atoms with E-state index in [9.17, 15) is 14.4 Å². The van der Waals surface area contributed by atoms with Crippen molar-refractivity contribution < 1.29 is 28.6 Å². The van der Waals surface area contributed by atoms with E-state index in [-0.39, 0.29) is 31.1 Å². The topological polar surface area (TPSA) is 78.9 Å². The Bertz CT molecular complexity index is 859. The van der Waals surface area contributed by atoms with Crippen molar-refractivity contribution >= 4 is 17.9 Å². The Hall–Kier alpha value is -1.59. The number of carbonyl (C=O) groups is 3. The first kappa shape index (κ1) is 55.4. The fourth-order valence-electron chi connectivity index (χ4n) is 7.66. The van der Waals surface area contributed by atoms with Crippen molar-refractivity contribution in [3.8, 4) is 0 Å². The van der Waals surface area contributed by atoms with Crippen molar-refractivity contribution in [1.82, 2.24) is 0 Å². The number of esters is 3. The number of rotatable bonds is 46. The molecular weight excluding hydrogens is 709 g/mol. The molecule has 2 atom stereocenters. The predicted molar refractivity (Wildman–Crippen MR) is 243 cm³/mol. The molecule has 6 heteroatoms. The van der Waals surface area contributed by atoms with Gasteiger partial charge in [0.1, 0.15) is 13.2 Å². The van der Waals surface area contributed by atoms with Crippen molar-refractivity contribution in [2.45, 2.75) is 291 Å². The Kier molecular flexibility index (Phi) is 44.2. The molecule has 0 radical (unpaired) electrons. The Balaban J connectivity index is 4.33. The normalized spacial score (nSPS) is 12.4. The van der Waals surface area contributed by atoms with E-state index >= 15 is 0 Å². The predicted octanol–water partition coefficient (Wildman–Crippen LogP) is 16.3. The third-order valence-electron chi connectivity index (χ3n) is 11.9. The highest BCUT2D eigenvalue weighted by atomic mass is 16.6. The lowest BCUT2D eigenvalue weighted by molar-refractivity contribution is -0.167. The Morgan fingerprint density at radius 3 is 0.912 bits per heavy atom. The van der Waals surface area contributed by atoms with E-state index in [2.05, 4.69) is 27.7 Å². The van der Waals surface area contributed by atoms with Gasteiger partial charge in [0.15, 0.2) is 6.10 Å². The molecule has 0 aliphatic heterocycles. The van der Waals surface area contributed by atoms with Gasteiger partial charge in [0, 0.05) is 19.3 Å². The molecule has 0 aromatic carbocycles. The van der Waals surface area contributed by atoms with Crippen LogP contribution in [0.5, 0.6) is 0 Å². The lowest BCUT2D eigenvalue weighted by Crippen LogP contribution is -2.30. The van der Waals surface area contributed by atoms with Gasteiger partial charge < -0.3 is 14.2 Å². The maximum atomic E-state index is 12.8. The van der Waals surface area contributed by atoms with Crippen LogP contribution < -0.4 is 0 Å². The lowest BCUT2D eigenvalue weighted by Gasteiger charge is -2.18. The fourth-order valence-corrected chi connectivity index (χ4v) is 7.66. The van der Waals surface area contributed by atoms with Crippen LogP contribution in [0, 0.1) is 5.92 Å². The van der Waals surface area contributed by atoms with E-state index in [1.54, 1.807) is 0 Å². The first-order chi connectivity index (χ1) is 27.9. The van der Waals surface area contributed by atoms with Gasteiger partial charge in [0.25, 0.3) is 0 Å². The molecule has 338 valence electrons. The molecule has 0 aromatic rings. The van der Waals surface area contributed by atoms with Crippen LogP contribution in [0.25, 0.3) is 0 Å². The van der Waals surface area contributed by atoms with Gasteiger partial charge in [-0.2, -0.15) is 0 Å². The molecule has 1 unspecified atom stereocenters. The minimum absolute atomic E-state index is 0.0631. The summed E-state index contributed by atoms with van der Waals surface area (Å²) in [4.78, 5) is 37.9. The number of unbranched alkanes of at least 4 members (excludes halogenated alkanes) is 32. The smallest absolute Gasteiger partial charge is 0.306 e. The summed E-state index contributed by atoms with van der Waals surface area (Å²) in [5.74, 6) is 0.00129. The molecule has 0 N–H and O–H groups in total. The molecule has 0 aliphatic rings. The average Bonchev–Trinajstić information content (AvgIpc) is 3.21. The molecule has 0 saturated heterocycles. The molecule has 6 nitrogen and oxygen atoms in total. The van der Waals surface area contributed by atoms with E-state index in [4.69, 9.17) is 14.2 Å². The minimum Gasteiger partial charge on any atom is -0.462 e. The third-order valence-corrected chi connectivity index (χ3v) is 11.9. The van der Waals surface area contributed by atoms with Crippen molar-refractivity contribution in [2.75, 3.05) is 13.2 Å². The van der Waals surface area contributed by atoms with Gasteiger partial charge in [0.05, 0.1) is 0 Å². The maximum absolute atomic E-state index is 12.8.